The van der Waals surface area contributed by atoms with Crippen molar-refractivity contribution in [2.24, 2.45) is 10.9 Å². The number of aldehydes is 1. The van der Waals surface area contributed by atoms with Crippen LogP contribution in [0.4, 0.5) is 4.39 Å². The van der Waals surface area contributed by atoms with Gasteiger partial charge in [0.2, 0.25) is 0 Å². The van der Waals surface area contributed by atoms with Crippen LogP contribution in [0.2, 0.25) is 5.02 Å². The van der Waals surface area contributed by atoms with E-state index in [1.54, 1.807) is 12.3 Å². The number of fused-ring (bicyclic) bond motifs is 1. The van der Waals surface area contributed by atoms with E-state index in [1.807, 2.05) is 92.1 Å². The predicted octanol–water partition coefficient (Wildman–Crippen LogP) is 11.5. The van der Waals surface area contributed by atoms with Crippen molar-refractivity contribution in [1.82, 2.24) is 4.98 Å². The van der Waals surface area contributed by atoms with Crippen molar-refractivity contribution in [3.05, 3.63) is 113 Å². The Balaban J connectivity index is -0.000000512. The zero-order chi connectivity index (χ0) is 35.8. The topological polar surface area (TPSA) is 68.6 Å². The Morgan fingerprint density at radius 1 is 1.07 bits per heavy atom. The molecule has 0 saturated heterocycles. The number of allylic oxidation sites excluding steroid dienone is 4. The number of ether oxygens (including phenoxy) is 1. The SMILES string of the molecule is C=C(C)CC(C)COC=O.CC.CC=O.CCc1cccc(F)c1Cl.C\C=C/N=C/C(=C/C)CC.Cc1cc2ccccc2cn1. The van der Waals surface area contributed by atoms with Crippen molar-refractivity contribution < 1.29 is 18.7 Å². The van der Waals surface area contributed by atoms with Crippen LogP contribution in [0.25, 0.3) is 10.8 Å². The first-order chi connectivity index (χ1) is 22.0. The van der Waals surface area contributed by atoms with Crippen LogP contribution in [0.1, 0.15) is 86.4 Å². The lowest BCUT2D eigenvalue weighted by atomic mass is 10.1. The highest BCUT2D eigenvalue weighted by molar-refractivity contribution is 6.31. The van der Waals surface area contributed by atoms with Gasteiger partial charge in [0, 0.05) is 29.7 Å². The summed E-state index contributed by atoms with van der Waals surface area (Å²) in [6.07, 6.45) is 13.1. The lowest BCUT2D eigenvalue weighted by Crippen LogP contribution is -2.04. The first-order valence-corrected chi connectivity index (χ1v) is 16.1. The molecule has 1 atom stereocenters. The second kappa shape index (κ2) is 32.5. The maximum absolute atomic E-state index is 12.6. The normalized spacial score (nSPS) is 10.7. The van der Waals surface area contributed by atoms with Gasteiger partial charge in [-0.15, -0.1) is 6.58 Å². The lowest BCUT2D eigenvalue weighted by Gasteiger charge is -2.08. The Kier molecular flexibility index (Phi) is 32.9. The van der Waals surface area contributed by atoms with E-state index < -0.39 is 0 Å². The summed E-state index contributed by atoms with van der Waals surface area (Å²) in [6.45, 7) is 24.2. The molecule has 0 bridgehead atoms. The molecule has 0 radical (unpaired) electrons. The second-order valence-corrected chi connectivity index (χ2v) is 10.0. The maximum atomic E-state index is 12.6. The summed E-state index contributed by atoms with van der Waals surface area (Å²) in [4.78, 5) is 26.8. The van der Waals surface area contributed by atoms with E-state index >= 15 is 0 Å². The van der Waals surface area contributed by atoms with Crippen molar-refractivity contribution in [1.29, 1.82) is 0 Å². The van der Waals surface area contributed by atoms with Gasteiger partial charge < -0.3 is 9.53 Å². The number of carbonyl (C=O) groups is 2. The van der Waals surface area contributed by atoms with Gasteiger partial charge in [0.25, 0.3) is 6.47 Å². The quantitative estimate of drug-likeness (QED) is 0.131. The summed E-state index contributed by atoms with van der Waals surface area (Å²) >= 11 is 5.62. The molecule has 46 heavy (non-hydrogen) atoms. The Morgan fingerprint density at radius 3 is 2.15 bits per heavy atom. The second-order valence-electron chi connectivity index (χ2n) is 9.65. The molecule has 1 aromatic heterocycles. The number of halogens is 2. The molecule has 254 valence electrons. The molecule has 1 unspecified atom stereocenters. The fourth-order valence-electron chi connectivity index (χ4n) is 3.47. The van der Waals surface area contributed by atoms with Gasteiger partial charge in [-0.05, 0) is 88.5 Å². The molecule has 0 fully saturated rings. The van der Waals surface area contributed by atoms with Crippen molar-refractivity contribution >= 4 is 41.3 Å². The molecule has 3 rings (SSSR count). The van der Waals surface area contributed by atoms with Crippen LogP contribution in [-0.2, 0) is 20.7 Å². The highest BCUT2D eigenvalue weighted by Gasteiger charge is 2.02. The van der Waals surface area contributed by atoms with E-state index in [0.29, 0.717) is 19.0 Å². The maximum Gasteiger partial charge on any atom is 0.293 e. The Bertz CT molecular complexity index is 1320. The van der Waals surface area contributed by atoms with Crippen LogP contribution in [0.3, 0.4) is 0 Å². The number of hydrogen-bond acceptors (Lipinski definition) is 5. The van der Waals surface area contributed by atoms with Crippen LogP contribution >= 0.6 is 11.6 Å². The molecule has 0 spiro atoms. The minimum atomic E-state index is -0.332. The number of carbonyl (C=O) groups excluding carboxylic acids is 2. The first-order valence-electron chi connectivity index (χ1n) is 15.7. The van der Waals surface area contributed by atoms with Crippen molar-refractivity contribution in [3.63, 3.8) is 0 Å². The van der Waals surface area contributed by atoms with Crippen LogP contribution in [0.5, 0.6) is 0 Å². The molecule has 3 aromatic rings. The fraction of sp³-hybridized carbons (Fsp3) is 0.385. The van der Waals surface area contributed by atoms with Gasteiger partial charge in [0.05, 0.1) is 11.6 Å². The van der Waals surface area contributed by atoms with E-state index in [-0.39, 0.29) is 10.8 Å². The van der Waals surface area contributed by atoms with Gasteiger partial charge in [-0.3, -0.25) is 14.8 Å². The van der Waals surface area contributed by atoms with Crippen LogP contribution in [-0.4, -0.2) is 30.6 Å². The number of aryl methyl sites for hydroxylation is 2. The van der Waals surface area contributed by atoms with Crippen LogP contribution < -0.4 is 0 Å². The molecule has 2 aromatic carbocycles. The third kappa shape index (κ3) is 25.4. The van der Waals surface area contributed by atoms with Gasteiger partial charge >= 0.3 is 0 Å². The monoisotopic (exact) mass is 654 g/mol. The van der Waals surface area contributed by atoms with Gasteiger partial charge in [-0.25, -0.2) is 4.39 Å². The lowest BCUT2D eigenvalue weighted by molar-refractivity contribution is -0.129. The number of pyridine rings is 1. The van der Waals surface area contributed by atoms with E-state index in [1.165, 1.54) is 29.3 Å². The van der Waals surface area contributed by atoms with E-state index in [0.717, 1.165) is 42.4 Å². The van der Waals surface area contributed by atoms with E-state index in [4.69, 9.17) is 16.4 Å². The zero-order valence-corrected chi connectivity index (χ0v) is 30.4. The number of benzene rings is 2. The number of nitrogens with zero attached hydrogens (tertiary/aromatic N) is 2. The highest BCUT2D eigenvalue weighted by atomic mass is 35.5. The molecular formula is C39H56ClFN2O3. The number of aromatic nitrogens is 1. The largest absolute Gasteiger partial charge is 0.468 e. The number of rotatable bonds is 9. The van der Waals surface area contributed by atoms with Gasteiger partial charge in [0.1, 0.15) is 12.1 Å². The Labute approximate surface area is 283 Å². The molecule has 0 aliphatic carbocycles. The van der Waals surface area contributed by atoms with Crippen LogP contribution in [0.15, 0.2) is 95.8 Å². The summed E-state index contributed by atoms with van der Waals surface area (Å²) < 4.78 is 17.2. The van der Waals surface area contributed by atoms with Crippen molar-refractivity contribution in [2.75, 3.05) is 6.61 Å². The highest BCUT2D eigenvalue weighted by Crippen LogP contribution is 2.19. The minimum absolute atomic E-state index is 0.255. The molecular weight excluding hydrogens is 599 g/mol. The summed E-state index contributed by atoms with van der Waals surface area (Å²) in [7, 11) is 0. The molecule has 0 saturated carbocycles. The molecule has 0 amide bonds. The molecule has 0 N–H and O–H groups in total. The number of aliphatic imine (C=N–C) groups is 1. The van der Waals surface area contributed by atoms with Gasteiger partial charge in [-0.2, -0.15) is 0 Å². The molecule has 0 aliphatic rings. The summed E-state index contributed by atoms with van der Waals surface area (Å²) in [5, 5.41) is 2.73. The van der Waals surface area contributed by atoms with E-state index in [2.05, 4.69) is 52.5 Å². The first kappa shape index (κ1) is 46.5. The third-order valence-electron chi connectivity index (χ3n) is 5.58. The van der Waals surface area contributed by atoms with Crippen molar-refractivity contribution in [2.45, 2.75) is 88.5 Å². The Hall–Kier alpha value is -3.90. The minimum Gasteiger partial charge on any atom is -0.468 e. The molecule has 0 aliphatic heterocycles. The molecule has 5 nitrogen and oxygen atoms in total. The van der Waals surface area contributed by atoms with Crippen molar-refractivity contribution in [3.8, 4) is 0 Å². The zero-order valence-electron chi connectivity index (χ0n) is 29.6. The molecule has 1 heterocycles. The predicted molar refractivity (Wildman–Crippen MR) is 198 cm³/mol. The summed E-state index contributed by atoms with van der Waals surface area (Å²) in [5.74, 6) is 0.0590. The van der Waals surface area contributed by atoms with E-state index in [9.17, 15) is 9.18 Å². The van der Waals surface area contributed by atoms with Gasteiger partial charge in [0.15, 0.2) is 0 Å². The third-order valence-corrected chi connectivity index (χ3v) is 6.00. The smallest absolute Gasteiger partial charge is 0.293 e. The Morgan fingerprint density at radius 2 is 1.67 bits per heavy atom. The summed E-state index contributed by atoms with van der Waals surface area (Å²) in [5.41, 5.74) is 4.34. The average Bonchev–Trinajstić information content (AvgIpc) is 3.05. The van der Waals surface area contributed by atoms with Crippen LogP contribution in [0, 0.1) is 18.7 Å². The van der Waals surface area contributed by atoms with Gasteiger partial charge in [-0.1, -0.05) is 100 Å². The average molecular weight is 655 g/mol. The number of hydrogen-bond donors (Lipinski definition) is 0. The standard InChI is InChI=1S/C10H9N.C9H15N.C8H8ClF.C8H14O2.C2H4O.C2H6/c1-8-6-9-4-2-3-5-10(9)7-11-8;1-4-7-10-8-9(5-2)6-3;1-2-6-4-3-5-7(10)8(6)9;1-7(2)4-8(3)5-10-6-9;1-2-3;1-2/h2-7H,1H3;4-5,7-8H,6H2,1-3H3;3-5H,2H2,1H3;6,8H,1,4-5H2,2-3H3;2H,1H3;1-2H3/b;7-4-,9-5+,10-8+;;;;. The fourth-order valence-corrected chi connectivity index (χ4v) is 3.73. The summed E-state index contributed by atoms with van der Waals surface area (Å²) in [6, 6.07) is 15.2. The molecule has 7 heteroatoms.